The van der Waals surface area contributed by atoms with Crippen LogP contribution in [0.2, 0.25) is 0 Å². The number of likely N-dealkylation sites (N-methyl/N-ethyl adjacent to an activating group) is 2. The number of phenols is 1. The Labute approximate surface area is 112 Å². The molecule has 1 aliphatic rings. The zero-order chi connectivity index (χ0) is 13.2. The van der Waals surface area contributed by atoms with E-state index >= 15 is 0 Å². The Bertz CT molecular complexity index is 329. The summed E-state index contributed by atoms with van der Waals surface area (Å²) < 4.78 is 4.93. The van der Waals surface area contributed by atoms with Crippen LogP contribution in [0.25, 0.3) is 0 Å². The summed E-state index contributed by atoms with van der Waals surface area (Å²) in [6.45, 7) is 9.04. The molecule has 0 atom stereocenters. The molecular weight excluding hydrogens is 243 g/mol. The molecule has 0 unspecified atom stereocenters. The predicted molar refractivity (Wildman–Crippen MR) is 80.1 cm³/mol. The number of para-hydroxylation sites is 1. The van der Waals surface area contributed by atoms with Gasteiger partial charge in [0.25, 0.3) is 0 Å². The largest absolute Gasteiger partial charge is 0.508 e. The number of nitrogens with zero attached hydrogens (tertiary/aromatic N) is 2. The van der Waals surface area contributed by atoms with E-state index in [-0.39, 0.29) is 0 Å². The van der Waals surface area contributed by atoms with Crippen molar-refractivity contribution in [3.8, 4) is 5.75 Å². The van der Waals surface area contributed by atoms with E-state index in [1.807, 2.05) is 6.07 Å². The van der Waals surface area contributed by atoms with E-state index in [4.69, 9.17) is 5.11 Å². The molecule has 0 saturated carbocycles. The van der Waals surface area contributed by atoms with Gasteiger partial charge in [-0.25, -0.2) is 0 Å². The van der Waals surface area contributed by atoms with Gasteiger partial charge in [-0.05, 0) is 12.1 Å². The molecule has 0 bridgehead atoms. The van der Waals surface area contributed by atoms with Gasteiger partial charge < -0.3 is 5.11 Å². The summed E-state index contributed by atoms with van der Waals surface area (Å²) in [6.07, 6.45) is 4.54. The maximum Gasteiger partial charge on any atom is 0.115 e. The normalized spacial score (nSPS) is 16.8. The standard InChI is InChI=1S/C8H17N2P.C6H6O/c1-3-9-7-5-6-8-10(4-2)11-9;7-6-4-2-1-3-5-6/h5-6,11H,3-4,7-8H2,1-2H3;1-5,7H. The molecule has 0 saturated heterocycles. The van der Waals surface area contributed by atoms with Gasteiger partial charge in [0.2, 0.25) is 0 Å². The summed E-state index contributed by atoms with van der Waals surface area (Å²) >= 11 is 0. The van der Waals surface area contributed by atoms with Crippen molar-refractivity contribution in [3.63, 3.8) is 0 Å². The van der Waals surface area contributed by atoms with E-state index in [1.54, 1.807) is 24.3 Å². The van der Waals surface area contributed by atoms with Crippen LogP contribution in [0.3, 0.4) is 0 Å². The van der Waals surface area contributed by atoms with Crippen LogP contribution in [0, 0.1) is 0 Å². The topological polar surface area (TPSA) is 26.7 Å². The molecule has 3 nitrogen and oxygen atoms in total. The lowest BCUT2D eigenvalue weighted by Gasteiger charge is -2.24. The van der Waals surface area contributed by atoms with Crippen molar-refractivity contribution in [3.05, 3.63) is 42.5 Å². The van der Waals surface area contributed by atoms with E-state index in [0.29, 0.717) is 5.75 Å². The fraction of sp³-hybridized carbons (Fsp3) is 0.429. The second kappa shape index (κ2) is 9.09. The second-order valence-corrected chi connectivity index (χ2v) is 5.45. The first-order valence-electron chi connectivity index (χ1n) is 6.41. The van der Waals surface area contributed by atoms with E-state index in [0.717, 1.165) is 22.0 Å². The Morgan fingerprint density at radius 2 is 1.50 bits per heavy atom. The average molecular weight is 266 g/mol. The number of phenolic OH excluding ortho intramolecular Hbond substituents is 1. The minimum absolute atomic E-state index is 0.322. The minimum atomic E-state index is 0.322. The van der Waals surface area contributed by atoms with Crippen molar-refractivity contribution in [1.29, 1.82) is 0 Å². The molecule has 1 aromatic carbocycles. The highest BCUT2D eigenvalue weighted by Crippen LogP contribution is 2.24. The quantitative estimate of drug-likeness (QED) is 0.658. The fourth-order valence-electron chi connectivity index (χ4n) is 1.51. The lowest BCUT2D eigenvalue weighted by Crippen LogP contribution is -2.20. The lowest BCUT2D eigenvalue weighted by molar-refractivity contribution is 0.474. The van der Waals surface area contributed by atoms with Crippen LogP contribution in [-0.2, 0) is 0 Å². The molecular formula is C14H23N2OP. The van der Waals surface area contributed by atoms with Gasteiger partial charge in [-0.2, -0.15) is 0 Å². The third-order valence-corrected chi connectivity index (χ3v) is 4.18. The second-order valence-electron chi connectivity index (χ2n) is 3.98. The number of aromatic hydroxyl groups is 1. The van der Waals surface area contributed by atoms with E-state index in [1.165, 1.54) is 13.1 Å². The van der Waals surface area contributed by atoms with Crippen molar-refractivity contribution >= 4 is 8.88 Å². The zero-order valence-corrected chi connectivity index (χ0v) is 12.2. The van der Waals surface area contributed by atoms with Gasteiger partial charge in [0, 0.05) is 35.1 Å². The van der Waals surface area contributed by atoms with Gasteiger partial charge in [-0.3, -0.25) is 9.34 Å². The van der Waals surface area contributed by atoms with Crippen LogP contribution in [0.15, 0.2) is 42.5 Å². The van der Waals surface area contributed by atoms with E-state index < -0.39 is 0 Å². The van der Waals surface area contributed by atoms with Crippen LogP contribution >= 0.6 is 8.88 Å². The smallest absolute Gasteiger partial charge is 0.115 e. The molecule has 0 radical (unpaired) electrons. The van der Waals surface area contributed by atoms with Crippen LogP contribution in [-0.4, -0.2) is 40.6 Å². The molecule has 0 spiro atoms. The van der Waals surface area contributed by atoms with Crippen LogP contribution < -0.4 is 0 Å². The molecule has 100 valence electrons. The summed E-state index contributed by atoms with van der Waals surface area (Å²) in [4.78, 5) is 0. The van der Waals surface area contributed by atoms with Gasteiger partial charge in [-0.15, -0.1) is 0 Å². The molecule has 1 N–H and O–H groups in total. The highest BCUT2D eigenvalue weighted by molar-refractivity contribution is 7.32. The number of benzene rings is 1. The first-order valence-corrected chi connectivity index (χ1v) is 7.30. The molecule has 1 heterocycles. The monoisotopic (exact) mass is 266 g/mol. The first-order chi connectivity index (χ1) is 8.76. The third-order valence-electron chi connectivity index (χ3n) is 2.62. The molecule has 2 rings (SSSR count). The molecule has 0 amide bonds. The van der Waals surface area contributed by atoms with Gasteiger partial charge >= 0.3 is 0 Å². The van der Waals surface area contributed by atoms with Gasteiger partial charge in [0.1, 0.15) is 5.75 Å². The summed E-state index contributed by atoms with van der Waals surface area (Å²) in [7, 11) is 0.881. The van der Waals surface area contributed by atoms with Crippen LogP contribution in [0.1, 0.15) is 13.8 Å². The molecule has 1 aromatic rings. The maximum absolute atomic E-state index is 8.63. The van der Waals surface area contributed by atoms with Crippen LogP contribution in [0.5, 0.6) is 5.75 Å². The molecule has 4 heteroatoms. The highest BCUT2D eigenvalue weighted by atomic mass is 31.1. The lowest BCUT2D eigenvalue weighted by atomic mass is 10.3. The Hall–Kier alpha value is -0.890. The SMILES string of the molecule is CCN1CC=CCN(CC)P1.Oc1ccccc1. The highest BCUT2D eigenvalue weighted by Gasteiger charge is 2.08. The number of hydrogen-bond acceptors (Lipinski definition) is 3. The Kier molecular flexibility index (Phi) is 7.66. The maximum atomic E-state index is 8.63. The summed E-state index contributed by atoms with van der Waals surface area (Å²) in [5.74, 6) is 0.322. The molecule has 0 fully saturated rings. The first kappa shape index (κ1) is 15.2. The van der Waals surface area contributed by atoms with Crippen molar-refractivity contribution in [1.82, 2.24) is 9.34 Å². The third kappa shape index (κ3) is 6.15. The average Bonchev–Trinajstić information content (AvgIpc) is 2.65. The summed E-state index contributed by atoms with van der Waals surface area (Å²) in [5.41, 5.74) is 0. The predicted octanol–water partition coefficient (Wildman–Crippen LogP) is 3.10. The van der Waals surface area contributed by atoms with Crippen LogP contribution in [0.4, 0.5) is 0 Å². The number of hydrogen-bond donors (Lipinski definition) is 1. The Morgan fingerprint density at radius 3 is 1.83 bits per heavy atom. The molecule has 0 aliphatic carbocycles. The number of rotatable bonds is 2. The summed E-state index contributed by atoms with van der Waals surface area (Å²) in [5, 5.41) is 8.63. The van der Waals surface area contributed by atoms with Gasteiger partial charge in [-0.1, -0.05) is 44.2 Å². The van der Waals surface area contributed by atoms with E-state index in [2.05, 4.69) is 35.3 Å². The van der Waals surface area contributed by atoms with Crippen molar-refractivity contribution in [2.24, 2.45) is 0 Å². The van der Waals surface area contributed by atoms with Gasteiger partial charge in [0.15, 0.2) is 0 Å². The summed E-state index contributed by atoms with van der Waals surface area (Å²) in [6, 6.07) is 8.71. The van der Waals surface area contributed by atoms with Crippen molar-refractivity contribution in [2.45, 2.75) is 13.8 Å². The van der Waals surface area contributed by atoms with E-state index in [9.17, 15) is 0 Å². The Morgan fingerprint density at radius 1 is 1.00 bits per heavy atom. The zero-order valence-electron chi connectivity index (χ0n) is 11.2. The fourth-order valence-corrected chi connectivity index (χ4v) is 2.57. The molecule has 18 heavy (non-hydrogen) atoms. The molecule has 1 aliphatic heterocycles. The molecule has 0 aromatic heterocycles. The Balaban J connectivity index is 0.000000199. The van der Waals surface area contributed by atoms with Crippen molar-refractivity contribution < 1.29 is 5.11 Å². The van der Waals surface area contributed by atoms with Crippen molar-refractivity contribution in [2.75, 3.05) is 26.2 Å². The van der Waals surface area contributed by atoms with Gasteiger partial charge in [0.05, 0.1) is 0 Å². The minimum Gasteiger partial charge on any atom is -0.508 e.